The van der Waals surface area contributed by atoms with Crippen molar-refractivity contribution in [1.29, 1.82) is 0 Å². The van der Waals surface area contributed by atoms with E-state index in [9.17, 15) is 14.9 Å². The Labute approximate surface area is 110 Å². The number of ether oxygens (including phenoxy) is 1. The molecule has 6 heteroatoms. The average Bonchev–Trinajstić information content (AvgIpc) is 2.36. The van der Waals surface area contributed by atoms with Crippen LogP contribution in [0.2, 0.25) is 0 Å². The van der Waals surface area contributed by atoms with Gasteiger partial charge in [-0.1, -0.05) is 6.92 Å². The van der Waals surface area contributed by atoms with E-state index in [2.05, 4.69) is 0 Å². The van der Waals surface area contributed by atoms with Crippen molar-refractivity contribution in [2.45, 2.75) is 26.4 Å². The molecule has 0 fully saturated rings. The molecule has 1 rings (SSSR count). The molecule has 0 radical (unpaired) electrons. The van der Waals surface area contributed by atoms with Gasteiger partial charge in [-0.2, -0.15) is 0 Å². The SMILES string of the molecule is CCC(C)Oc1cc(/C=C/C(=O)O)ccc1[N+](=O)[O-]. The molecule has 0 aliphatic heterocycles. The van der Waals surface area contributed by atoms with Crippen molar-refractivity contribution >= 4 is 17.7 Å². The van der Waals surface area contributed by atoms with E-state index < -0.39 is 10.9 Å². The lowest BCUT2D eigenvalue weighted by atomic mass is 10.1. The lowest BCUT2D eigenvalue weighted by Gasteiger charge is -2.12. The van der Waals surface area contributed by atoms with Crippen LogP contribution in [0.5, 0.6) is 5.75 Å². The Morgan fingerprint density at radius 3 is 2.79 bits per heavy atom. The molecule has 1 aromatic carbocycles. The summed E-state index contributed by atoms with van der Waals surface area (Å²) in [5, 5.41) is 19.4. The molecule has 0 saturated carbocycles. The lowest BCUT2D eigenvalue weighted by Crippen LogP contribution is -2.11. The summed E-state index contributed by atoms with van der Waals surface area (Å²) in [7, 11) is 0. The molecule has 102 valence electrons. The van der Waals surface area contributed by atoms with Crippen molar-refractivity contribution in [2.24, 2.45) is 0 Å². The predicted molar refractivity (Wildman–Crippen MR) is 70.1 cm³/mol. The zero-order chi connectivity index (χ0) is 14.4. The first-order chi connectivity index (χ1) is 8.93. The molecular formula is C13H15NO5. The van der Waals surface area contributed by atoms with Gasteiger partial charge in [-0.05, 0) is 37.1 Å². The summed E-state index contributed by atoms with van der Waals surface area (Å²) in [4.78, 5) is 20.8. The van der Waals surface area contributed by atoms with E-state index in [-0.39, 0.29) is 17.5 Å². The van der Waals surface area contributed by atoms with E-state index in [0.29, 0.717) is 12.0 Å². The lowest BCUT2D eigenvalue weighted by molar-refractivity contribution is -0.386. The topological polar surface area (TPSA) is 89.7 Å². The average molecular weight is 265 g/mol. The third kappa shape index (κ3) is 4.42. The standard InChI is InChI=1S/C13H15NO5/c1-3-9(2)19-12-8-10(5-7-13(15)16)4-6-11(12)14(17)18/h4-9H,3H2,1-2H3,(H,15,16)/b7-5+. The number of rotatable bonds is 6. The molecule has 0 aliphatic rings. The minimum absolute atomic E-state index is 0.132. The van der Waals surface area contributed by atoms with Crippen LogP contribution in [-0.4, -0.2) is 22.1 Å². The maximum Gasteiger partial charge on any atom is 0.328 e. The van der Waals surface area contributed by atoms with Crippen molar-refractivity contribution < 1.29 is 19.6 Å². The molecule has 1 unspecified atom stereocenters. The molecule has 0 aliphatic carbocycles. The Kier molecular flexibility index (Phi) is 5.05. The van der Waals surface area contributed by atoms with Crippen LogP contribution in [0.3, 0.4) is 0 Å². The van der Waals surface area contributed by atoms with Gasteiger partial charge in [-0.15, -0.1) is 0 Å². The number of benzene rings is 1. The number of aliphatic carboxylic acids is 1. The number of carboxylic acid groups (broad SMARTS) is 1. The molecule has 19 heavy (non-hydrogen) atoms. The summed E-state index contributed by atoms with van der Waals surface area (Å²) in [6.45, 7) is 3.72. The second kappa shape index (κ2) is 6.53. The Morgan fingerprint density at radius 2 is 2.26 bits per heavy atom. The van der Waals surface area contributed by atoms with Crippen molar-refractivity contribution in [2.75, 3.05) is 0 Å². The molecule has 0 aromatic heterocycles. The van der Waals surface area contributed by atoms with Gasteiger partial charge in [0, 0.05) is 12.1 Å². The van der Waals surface area contributed by atoms with E-state index in [1.807, 2.05) is 13.8 Å². The summed E-state index contributed by atoms with van der Waals surface area (Å²) in [5.41, 5.74) is 0.402. The number of carboxylic acids is 1. The molecule has 1 atom stereocenters. The van der Waals surface area contributed by atoms with E-state index >= 15 is 0 Å². The first kappa shape index (κ1) is 14.7. The molecule has 1 aromatic rings. The number of carbonyl (C=O) groups is 1. The Hall–Kier alpha value is -2.37. The first-order valence-electron chi connectivity index (χ1n) is 5.80. The smallest absolute Gasteiger partial charge is 0.328 e. The molecular weight excluding hydrogens is 250 g/mol. The van der Waals surface area contributed by atoms with Gasteiger partial charge in [-0.25, -0.2) is 4.79 Å². The highest BCUT2D eigenvalue weighted by molar-refractivity contribution is 5.85. The van der Waals surface area contributed by atoms with E-state index in [0.717, 1.165) is 6.08 Å². The Balaban J connectivity index is 3.10. The number of nitrogens with zero attached hydrogens (tertiary/aromatic N) is 1. The second-order valence-corrected chi connectivity index (χ2v) is 3.99. The second-order valence-electron chi connectivity index (χ2n) is 3.99. The number of nitro groups is 1. The van der Waals surface area contributed by atoms with Gasteiger partial charge in [0.15, 0.2) is 5.75 Å². The van der Waals surface area contributed by atoms with Crippen LogP contribution < -0.4 is 4.74 Å². The van der Waals surface area contributed by atoms with Crippen molar-refractivity contribution in [1.82, 2.24) is 0 Å². The maximum atomic E-state index is 10.9. The van der Waals surface area contributed by atoms with Gasteiger partial charge < -0.3 is 9.84 Å². The summed E-state index contributed by atoms with van der Waals surface area (Å²) in [5.74, 6) is -0.936. The largest absolute Gasteiger partial charge is 0.484 e. The summed E-state index contributed by atoms with van der Waals surface area (Å²) in [6.07, 6.45) is 2.88. The van der Waals surface area contributed by atoms with E-state index in [1.165, 1.54) is 24.3 Å². The number of hydrogen-bond acceptors (Lipinski definition) is 4. The molecule has 0 saturated heterocycles. The first-order valence-corrected chi connectivity index (χ1v) is 5.80. The van der Waals surface area contributed by atoms with Crippen LogP contribution in [0.1, 0.15) is 25.8 Å². The van der Waals surface area contributed by atoms with E-state index in [4.69, 9.17) is 9.84 Å². The molecule has 0 amide bonds. The van der Waals surface area contributed by atoms with Gasteiger partial charge in [-0.3, -0.25) is 10.1 Å². The predicted octanol–water partition coefficient (Wildman–Crippen LogP) is 2.87. The van der Waals surface area contributed by atoms with Gasteiger partial charge in [0.25, 0.3) is 0 Å². The zero-order valence-corrected chi connectivity index (χ0v) is 10.7. The minimum atomic E-state index is -1.08. The Morgan fingerprint density at radius 1 is 1.58 bits per heavy atom. The molecule has 0 heterocycles. The van der Waals surface area contributed by atoms with Crippen molar-refractivity contribution in [3.05, 3.63) is 40.0 Å². The fourth-order valence-electron chi connectivity index (χ4n) is 1.35. The van der Waals surface area contributed by atoms with Gasteiger partial charge >= 0.3 is 11.7 Å². The highest BCUT2D eigenvalue weighted by Crippen LogP contribution is 2.29. The quantitative estimate of drug-likeness (QED) is 0.485. The molecule has 0 bridgehead atoms. The van der Waals surface area contributed by atoms with Gasteiger partial charge in [0.1, 0.15) is 0 Å². The fourth-order valence-corrected chi connectivity index (χ4v) is 1.35. The molecule has 1 N–H and O–H groups in total. The van der Waals surface area contributed by atoms with E-state index in [1.54, 1.807) is 0 Å². The van der Waals surface area contributed by atoms with Crippen LogP contribution in [0.25, 0.3) is 6.08 Å². The molecule has 6 nitrogen and oxygen atoms in total. The Bertz CT molecular complexity index is 510. The fraction of sp³-hybridized carbons (Fsp3) is 0.308. The molecule has 0 spiro atoms. The van der Waals surface area contributed by atoms with Crippen molar-refractivity contribution in [3.8, 4) is 5.75 Å². The third-order valence-electron chi connectivity index (χ3n) is 2.50. The number of hydrogen-bond donors (Lipinski definition) is 1. The summed E-state index contributed by atoms with van der Waals surface area (Å²) < 4.78 is 5.48. The summed E-state index contributed by atoms with van der Waals surface area (Å²) >= 11 is 0. The van der Waals surface area contributed by atoms with Crippen LogP contribution >= 0.6 is 0 Å². The van der Waals surface area contributed by atoms with Crippen LogP contribution in [0.4, 0.5) is 5.69 Å². The third-order valence-corrected chi connectivity index (χ3v) is 2.50. The highest BCUT2D eigenvalue weighted by Gasteiger charge is 2.16. The normalized spacial score (nSPS) is 12.3. The number of nitro benzene ring substituents is 1. The highest BCUT2D eigenvalue weighted by atomic mass is 16.6. The van der Waals surface area contributed by atoms with Gasteiger partial charge in [0.05, 0.1) is 11.0 Å². The monoisotopic (exact) mass is 265 g/mol. The van der Waals surface area contributed by atoms with Crippen LogP contribution in [0.15, 0.2) is 24.3 Å². The van der Waals surface area contributed by atoms with Gasteiger partial charge in [0.2, 0.25) is 0 Å². The minimum Gasteiger partial charge on any atom is -0.484 e. The van der Waals surface area contributed by atoms with Crippen molar-refractivity contribution in [3.63, 3.8) is 0 Å². The maximum absolute atomic E-state index is 10.9. The summed E-state index contributed by atoms with van der Waals surface area (Å²) in [6, 6.07) is 4.24. The van der Waals surface area contributed by atoms with Crippen LogP contribution in [-0.2, 0) is 4.79 Å². The zero-order valence-electron chi connectivity index (χ0n) is 10.7. The van der Waals surface area contributed by atoms with Crippen LogP contribution in [0, 0.1) is 10.1 Å².